The average Bonchev–Trinajstić information content (AvgIpc) is 2.81. The zero-order valence-electron chi connectivity index (χ0n) is 12.6. The summed E-state index contributed by atoms with van der Waals surface area (Å²) in [5.74, 6) is -0.253. The molecule has 1 amide bonds. The second-order valence-electron chi connectivity index (χ2n) is 5.91. The van der Waals surface area contributed by atoms with Crippen LogP contribution >= 0.6 is 11.6 Å². The number of hydrogen-bond donors (Lipinski definition) is 0. The van der Waals surface area contributed by atoms with E-state index in [-0.39, 0.29) is 12.5 Å². The molecule has 0 saturated heterocycles. The molecule has 1 spiro atoms. The normalized spacial score (nSPS) is 19.6. The van der Waals surface area contributed by atoms with Crippen LogP contribution < -0.4 is 0 Å². The van der Waals surface area contributed by atoms with Crippen LogP contribution in [-0.4, -0.2) is 34.0 Å². The van der Waals surface area contributed by atoms with Gasteiger partial charge in [-0.25, -0.2) is 4.85 Å². The maximum Gasteiger partial charge on any atom is 0.275 e. The quantitative estimate of drug-likeness (QED) is 0.631. The number of amides is 1. The molecule has 0 N–H and O–H groups in total. The molecule has 1 heterocycles. The number of benzene rings is 1. The maximum atomic E-state index is 12.8. The second kappa shape index (κ2) is 6.13. The van der Waals surface area contributed by atoms with Crippen molar-refractivity contribution in [1.29, 1.82) is 0 Å². The Balaban J connectivity index is 1.99. The van der Waals surface area contributed by atoms with E-state index in [1.807, 2.05) is 0 Å². The fourth-order valence-corrected chi connectivity index (χ4v) is 3.48. The van der Waals surface area contributed by atoms with E-state index in [0.717, 1.165) is 32.1 Å². The first-order valence-electron chi connectivity index (χ1n) is 7.64. The van der Waals surface area contributed by atoms with Crippen LogP contribution in [0.1, 0.15) is 37.7 Å². The van der Waals surface area contributed by atoms with Crippen LogP contribution in [0.15, 0.2) is 29.3 Å². The van der Waals surface area contributed by atoms with Crippen LogP contribution in [0.4, 0.5) is 5.69 Å². The minimum Gasteiger partial charge on any atom is -0.304 e. The Kier molecular flexibility index (Phi) is 4.18. The third kappa shape index (κ3) is 2.87. The van der Waals surface area contributed by atoms with Gasteiger partial charge in [-0.1, -0.05) is 30.7 Å². The number of aliphatic imine (C=N–C) groups is 1. The molecule has 6 heteroatoms. The first-order valence-corrected chi connectivity index (χ1v) is 8.02. The van der Waals surface area contributed by atoms with E-state index in [1.54, 1.807) is 24.3 Å². The number of rotatable bonds is 3. The average molecular weight is 330 g/mol. The van der Waals surface area contributed by atoms with Gasteiger partial charge >= 0.3 is 0 Å². The Morgan fingerprint density at radius 3 is 2.48 bits per heavy atom. The van der Waals surface area contributed by atoms with E-state index >= 15 is 0 Å². The minimum atomic E-state index is -0.631. The molecule has 0 radical (unpaired) electrons. The van der Waals surface area contributed by atoms with Gasteiger partial charge in [0.1, 0.15) is 11.4 Å². The highest BCUT2D eigenvalue weighted by Gasteiger charge is 2.48. The smallest absolute Gasteiger partial charge is 0.275 e. The van der Waals surface area contributed by atoms with Gasteiger partial charge in [0.2, 0.25) is 5.24 Å². The van der Waals surface area contributed by atoms with E-state index < -0.39 is 10.9 Å². The molecule has 2 aliphatic rings. The molecule has 0 bridgehead atoms. The Bertz CT molecular complexity index is 712. The lowest BCUT2D eigenvalue weighted by atomic mass is 9.88. The predicted octanol–water partition coefficient (Wildman–Crippen LogP) is 3.29. The van der Waals surface area contributed by atoms with Crippen molar-refractivity contribution in [1.82, 2.24) is 4.90 Å². The molecule has 118 valence electrons. The number of nitrogens with zero attached hydrogens (tertiary/aromatic N) is 3. The number of hydrogen-bond acceptors (Lipinski definition) is 3. The number of carbonyl (C=O) groups excluding carboxylic acids is 2. The maximum absolute atomic E-state index is 12.8. The van der Waals surface area contributed by atoms with E-state index in [1.165, 1.54) is 4.90 Å². The summed E-state index contributed by atoms with van der Waals surface area (Å²) < 4.78 is 0. The Labute approximate surface area is 139 Å². The lowest BCUT2D eigenvalue weighted by Crippen LogP contribution is -2.49. The molecule has 5 nitrogen and oxygen atoms in total. The minimum absolute atomic E-state index is 0.118. The Morgan fingerprint density at radius 1 is 1.26 bits per heavy atom. The summed E-state index contributed by atoms with van der Waals surface area (Å²) in [6.07, 6.45) is 4.59. The van der Waals surface area contributed by atoms with Gasteiger partial charge in [0.05, 0.1) is 13.1 Å². The van der Waals surface area contributed by atoms with E-state index in [0.29, 0.717) is 17.0 Å². The first-order chi connectivity index (χ1) is 11.1. The van der Waals surface area contributed by atoms with Crippen molar-refractivity contribution >= 4 is 34.1 Å². The van der Waals surface area contributed by atoms with Crippen LogP contribution in [0.5, 0.6) is 0 Å². The Hall–Kier alpha value is -2.19. The van der Waals surface area contributed by atoms with Crippen molar-refractivity contribution in [3.63, 3.8) is 0 Å². The van der Waals surface area contributed by atoms with Gasteiger partial charge in [-0.2, -0.15) is 0 Å². The summed E-state index contributed by atoms with van der Waals surface area (Å²) >= 11 is 5.54. The van der Waals surface area contributed by atoms with Crippen LogP contribution in [0.2, 0.25) is 0 Å². The molecular formula is C17H16ClN3O2. The fourth-order valence-electron chi connectivity index (χ4n) is 3.36. The van der Waals surface area contributed by atoms with E-state index in [2.05, 4.69) is 4.85 Å². The topological polar surface area (TPSA) is 54.1 Å². The van der Waals surface area contributed by atoms with Crippen molar-refractivity contribution in [2.75, 3.05) is 6.54 Å². The summed E-state index contributed by atoms with van der Waals surface area (Å²) in [4.78, 5) is 33.8. The molecule has 1 saturated carbocycles. The lowest BCUT2D eigenvalue weighted by Gasteiger charge is -2.38. The highest BCUT2D eigenvalue weighted by Crippen LogP contribution is 2.39. The third-order valence-electron chi connectivity index (χ3n) is 4.48. The Morgan fingerprint density at radius 2 is 1.91 bits per heavy atom. The molecule has 0 unspecified atom stereocenters. The first kappa shape index (κ1) is 15.7. The largest absolute Gasteiger partial charge is 0.304 e. The van der Waals surface area contributed by atoms with Gasteiger partial charge in [-0.15, -0.1) is 0 Å². The van der Waals surface area contributed by atoms with Gasteiger partial charge in [0, 0.05) is 5.56 Å². The number of halogens is 1. The molecule has 1 aliphatic carbocycles. The molecule has 1 aliphatic heterocycles. The molecule has 1 aromatic rings. The van der Waals surface area contributed by atoms with E-state index in [4.69, 9.17) is 23.2 Å². The third-order valence-corrected chi connectivity index (χ3v) is 4.60. The van der Waals surface area contributed by atoms with Crippen molar-refractivity contribution in [2.24, 2.45) is 4.99 Å². The molecule has 1 aromatic carbocycles. The second-order valence-corrected chi connectivity index (χ2v) is 6.33. The van der Waals surface area contributed by atoms with Crippen molar-refractivity contribution in [3.05, 3.63) is 41.2 Å². The number of carbonyl (C=O) groups is 2. The van der Waals surface area contributed by atoms with Crippen LogP contribution in [0, 0.1) is 6.57 Å². The SMILES string of the molecule is [C-]#[N+]c1ccc(C2=NC3(CCCCC3)N(CC(=O)Cl)C2=O)cc1. The molecule has 1 fully saturated rings. The molecular weight excluding hydrogens is 314 g/mol. The summed E-state index contributed by atoms with van der Waals surface area (Å²) in [6, 6.07) is 6.79. The highest BCUT2D eigenvalue weighted by atomic mass is 35.5. The zero-order valence-corrected chi connectivity index (χ0v) is 13.3. The van der Waals surface area contributed by atoms with Crippen LogP contribution in [-0.2, 0) is 9.59 Å². The van der Waals surface area contributed by atoms with Crippen molar-refractivity contribution in [2.45, 2.75) is 37.8 Å². The summed E-state index contributed by atoms with van der Waals surface area (Å²) in [5, 5.41) is -0.553. The summed E-state index contributed by atoms with van der Waals surface area (Å²) in [5.41, 5.74) is 0.923. The van der Waals surface area contributed by atoms with Gasteiger partial charge in [0.15, 0.2) is 5.69 Å². The van der Waals surface area contributed by atoms with Gasteiger partial charge in [0.25, 0.3) is 5.91 Å². The van der Waals surface area contributed by atoms with Gasteiger partial charge in [-0.05, 0) is 37.3 Å². The van der Waals surface area contributed by atoms with E-state index in [9.17, 15) is 9.59 Å². The molecule has 0 atom stereocenters. The van der Waals surface area contributed by atoms with Crippen molar-refractivity contribution < 1.29 is 9.59 Å². The van der Waals surface area contributed by atoms with Gasteiger partial charge < -0.3 is 4.90 Å². The zero-order chi connectivity index (χ0) is 16.4. The van der Waals surface area contributed by atoms with Gasteiger partial charge in [-0.3, -0.25) is 14.6 Å². The fraction of sp³-hybridized carbons (Fsp3) is 0.412. The van der Waals surface area contributed by atoms with Crippen molar-refractivity contribution in [3.8, 4) is 0 Å². The standard InChI is InChI=1S/C17H16ClN3O2/c1-19-13-7-5-12(6-8-13)15-16(23)21(11-14(18)22)17(20-15)9-3-2-4-10-17/h5-8H,2-4,9-11H2. The van der Waals surface area contributed by atoms with Crippen LogP contribution in [0.25, 0.3) is 4.85 Å². The monoisotopic (exact) mass is 329 g/mol. The van der Waals surface area contributed by atoms with Crippen LogP contribution in [0.3, 0.4) is 0 Å². The predicted molar refractivity (Wildman–Crippen MR) is 87.6 cm³/mol. The molecule has 3 rings (SSSR count). The summed E-state index contributed by atoms with van der Waals surface area (Å²) in [6.45, 7) is 6.88. The molecule has 0 aromatic heterocycles. The highest BCUT2D eigenvalue weighted by molar-refractivity contribution is 6.64. The molecule has 23 heavy (non-hydrogen) atoms. The summed E-state index contributed by atoms with van der Waals surface area (Å²) in [7, 11) is 0. The lowest BCUT2D eigenvalue weighted by molar-refractivity contribution is -0.132.